The number of sulfonamides is 1. The molecule has 1 N–H and O–H groups in total. The Balaban J connectivity index is 2.75. The predicted octanol–water partition coefficient (Wildman–Crippen LogP) is 1.95. The van der Waals surface area contributed by atoms with Crippen molar-refractivity contribution >= 4 is 32.8 Å². The molecule has 0 radical (unpaired) electrons. The average molecular weight is 320 g/mol. The first-order chi connectivity index (χ1) is 10.4. The van der Waals surface area contributed by atoms with Gasteiger partial charge < -0.3 is 9.69 Å². The molecule has 0 amide bonds. The molecule has 2 rings (SSSR count). The Labute approximate surface area is 131 Å². The van der Waals surface area contributed by atoms with Gasteiger partial charge in [0.15, 0.2) is 0 Å². The normalized spacial score (nSPS) is 11.6. The zero-order valence-corrected chi connectivity index (χ0v) is 13.8. The Morgan fingerprint density at radius 3 is 2.45 bits per heavy atom. The van der Waals surface area contributed by atoms with Gasteiger partial charge in [0.1, 0.15) is 6.29 Å². The number of fused-ring (bicyclic) bond motifs is 1. The molecule has 6 heteroatoms. The third-order valence-electron chi connectivity index (χ3n) is 3.55. The molecule has 0 aliphatic heterocycles. The summed E-state index contributed by atoms with van der Waals surface area (Å²) in [6.45, 7) is 1.84. The van der Waals surface area contributed by atoms with Gasteiger partial charge in [-0.05, 0) is 18.1 Å². The highest BCUT2D eigenvalue weighted by molar-refractivity contribution is 7.89. The Bertz CT molecular complexity index is 798. The van der Waals surface area contributed by atoms with Crippen LogP contribution in [0.25, 0.3) is 10.8 Å². The predicted molar refractivity (Wildman–Crippen MR) is 88.9 cm³/mol. The van der Waals surface area contributed by atoms with Gasteiger partial charge in [-0.2, -0.15) is 0 Å². The number of aldehydes is 1. The van der Waals surface area contributed by atoms with E-state index in [0.717, 1.165) is 23.1 Å². The van der Waals surface area contributed by atoms with Gasteiger partial charge in [-0.15, -0.1) is 0 Å². The summed E-state index contributed by atoms with van der Waals surface area (Å²) in [5.74, 6) is 0. The van der Waals surface area contributed by atoms with E-state index >= 15 is 0 Å². The van der Waals surface area contributed by atoms with Crippen LogP contribution in [-0.2, 0) is 21.2 Å². The zero-order chi connectivity index (χ0) is 16.3. The summed E-state index contributed by atoms with van der Waals surface area (Å²) in [7, 11) is 0.178. The lowest BCUT2D eigenvalue weighted by atomic mass is 10.0. The van der Waals surface area contributed by atoms with Crippen LogP contribution in [0.1, 0.15) is 12.5 Å². The zero-order valence-electron chi connectivity index (χ0n) is 13.0. The standard InChI is InChI=1S/C16H20N2O3S/c1-4-12-8-9-13-14(16(12)18(2)3)6-5-7-15(13)22(20,21)17-10-11-19/h5-9,11,17H,4,10H2,1-3H3. The minimum atomic E-state index is -3.71. The molecule has 0 bridgehead atoms. The van der Waals surface area contributed by atoms with Crippen molar-refractivity contribution in [2.45, 2.75) is 18.2 Å². The Morgan fingerprint density at radius 1 is 1.14 bits per heavy atom. The molecule has 2 aromatic carbocycles. The van der Waals surface area contributed by atoms with Gasteiger partial charge in [-0.3, -0.25) is 0 Å². The van der Waals surface area contributed by atoms with Crippen LogP contribution in [0, 0.1) is 0 Å². The summed E-state index contributed by atoms with van der Waals surface area (Å²) in [5, 5.41) is 1.54. The van der Waals surface area contributed by atoms with Crippen LogP contribution in [0.2, 0.25) is 0 Å². The topological polar surface area (TPSA) is 66.5 Å². The van der Waals surface area contributed by atoms with Gasteiger partial charge in [0.05, 0.1) is 11.4 Å². The Kier molecular flexibility index (Phi) is 4.83. The molecule has 0 fully saturated rings. The molecule has 0 aliphatic carbocycles. The highest BCUT2D eigenvalue weighted by atomic mass is 32.2. The summed E-state index contributed by atoms with van der Waals surface area (Å²) >= 11 is 0. The fourth-order valence-electron chi connectivity index (χ4n) is 2.63. The van der Waals surface area contributed by atoms with E-state index in [0.29, 0.717) is 11.7 Å². The lowest BCUT2D eigenvalue weighted by Crippen LogP contribution is -2.25. The number of nitrogens with zero attached hydrogens (tertiary/aromatic N) is 1. The highest BCUT2D eigenvalue weighted by Gasteiger charge is 2.19. The van der Waals surface area contributed by atoms with Gasteiger partial charge in [-0.25, -0.2) is 13.1 Å². The van der Waals surface area contributed by atoms with E-state index in [4.69, 9.17) is 0 Å². The number of nitrogens with one attached hydrogen (secondary N) is 1. The smallest absolute Gasteiger partial charge is 0.241 e. The maximum atomic E-state index is 12.4. The summed E-state index contributed by atoms with van der Waals surface area (Å²) in [4.78, 5) is 12.6. The van der Waals surface area contributed by atoms with E-state index in [1.165, 1.54) is 0 Å². The third-order valence-corrected chi connectivity index (χ3v) is 5.03. The number of carbonyl (C=O) groups is 1. The molecule has 0 aromatic heterocycles. The van der Waals surface area contributed by atoms with Crippen LogP contribution in [0.5, 0.6) is 0 Å². The van der Waals surface area contributed by atoms with Crippen LogP contribution >= 0.6 is 0 Å². The van der Waals surface area contributed by atoms with Crippen molar-refractivity contribution in [2.24, 2.45) is 0 Å². The van der Waals surface area contributed by atoms with Crippen LogP contribution in [0.3, 0.4) is 0 Å². The number of benzene rings is 2. The Hall–Kier alpha value is -1.92. The van der Waals surface area contributed by atoms with Gasteiger partial charge >= 0.3 is 0 Å². The van der Waals surface area contributed by atoms with Gasteiger partial charge in [0.25, 0.3) is 0 Å². The number of anilines is 1. The third kappa shape index (κ3) is 2.98. The highest BCUT2D eigenvalue weighted by Crippen LogP contribution is 2.33. The second kappa shape index (κ2) is 6.46. The number of rotatable bonds is 6. The van der Waals surface area contributed by atoms with Crippen molar-refractivity contribution in [1.29, 1.82) is 0 Å². The van der Waals surface area contributed by atoms with E-state index in [1.807, 2.05) is 37.2 Å². The monoisotopic (exact) mass is 320 g/mol. The molecule has 0 saturated heterocycles. The average Bonchev–Trinajstić information content (AvgIpc) is 2.50. The number of hydrogen-bond donors (Lipinski definition) is 1. The second-order valence-corrected chi connectivity index (χ2v) is 6.93. The first-order valence-electron chi connectivity index (χ1n) is 7.07. The molecule has 2 aromatic rings. The molecule has 0 saturated carbocycles. The van der Waals surface area contributed by atoms with Crippen molar-refractivity contribution < 1.29 is 13.2 Å². The van der Waals surface area contributed by atoms with Crippen LogP contribution < -0.4 is 9.62 Å². The largest absolute Gasteiger partial charge is 0.377 e. The molecule has 0 atom stereocenters. The van der Waals surface area contributed by atoms with Gasteiger partial charge in [0, 0.05) is 30.6 Å². The lowest BCUT2D eigenvalue weighted by molar-refractivity contribution is -0.106. The molecule has 22 heavy (non-hydrogen) atoms. The maximum Gasteiger partial charge on any atom is 0.241 e. The summed E-state index contributed by atoms with van der Waals surface area (Å²) < 4.78 is 27.0. The first-order valence-corrected chi connectivity index (χ1v) is 8.56. The quantitative estimate of drug-likeness (QED) is 0.826. The van der Waals surface area contributed by atoms with E-state index in [2.05, 4.69) is 11.6 Å². The lowest BCUT2D eigenvalue weighted by Gasteiger charge is -2.20. The number of carbonyl (C=O) groups excluding carboxylic acids is 1. The van der Waals surface area contributed by atoms with Crippen molar-refractivity contribution in [3.8, 4) is 0 Å². The van der Waals surface area contributed by atoms with E-state index < -0.39 is 10.0 Å². The minimum absolute atomic E-state index is 0.192. The second-order valence-electron chi connectivity index (χ2n) is 5.19. The van der Waals surface area contributed by atoms with Gasteiger partial charge in [-0.1, -0.05) is 31.2 Å². The summed E-state index contributed by atoms with van der Waals surface area (Å²) in [6, 6.07) is 8.99. The van der Waals surface area contributed by atoms with Crippen molar-refractivity contribution in [2.75, 3.05) is 25.5 Å². The molecule has 5 nitrogen and oxygen atoms in total. The van der Waals surface area contributed by atoms with Gasteiger partial charge in [0.2, 0.25) is 10.0 Å². The molecule has 0 unspecified atom stereocenters. The van der Waals surface area contributed by atoms with Crippen molar-refractivity contribution in [3.63, 3.8) is 0 Å². The van der Waals surface area contributed by atoms with Crippen molar-refractivity contribution in [3.05, 3.63) is 35.9 Å². The molecular formula is C16H20N2O3S. The Morgan fingerprint density at radius 2 is 1.86 bits per heavy atom. The van der Waals surface area contributed by atoms with E-state index in [1.54, 1.807) is 12.1 Å². The fraction of sp³-hybridized carbons (Fsp3) is 0.312. The van der Waals surface area contributed by atoms with Crippen LogP contribution in [0.4, 0.5) is 5.69 Å². The van der Waals surface area contributed by atoms with Crippen LogP contribution in [0.15, 0.2) is 35.2 Å². The van der Waals surface area contributed by atoms with Crippen LogP contribution in [-0.4, -0.2) is 35.3 Å². The van der Waals surface area contributed by atoms with E-state index in [9.17, 15) is 13.2 Å². The maximum absolute atomic E-state index is 12.4. The first kappa shape index (κ1) is 16.5. The van der Waals surface area contributed by atoms with E-state index in [-0.39, 0.29) is 11.4 Å². The summed E-state index contributed by atoms with van der Waals surface area (Å²) in [6.07, 6.45) is 1.40. The SMILES string of the molecule is CCc1ccc2c(S(=O)(=O)NCC=O)cccc2c1N(C)C. The molecular weight excluding hydrogens is 300 g/mol. The molecule has 0 spiro atoms. The summed E-state index contributed by atoms with van der Waals surface area (Å²) in [5.41, 5.74) is 2.18. The fourth-order valence-corrected chi connectivity index (χ4v) is 3.80. The number of aryl methyl sites for hydroxylation is 1. The molecule has 118 valence electrons. The number of hydrogen-bond acceptors (Lipinski definition) is 4. The minimum Gasteiger partial charge on any atom is -0.377 e. The van der Waals surface area contributed by atoms with Crippen molar-refractivity contribution in [1.82, 2.24) is 4.72 Å². The molecule has 0 aliphatic rings. The molecule has 0 heterocycles.